The number of ether oxygens (including phenoxy) is 1. The summed E-state index contributed by atoms with van der Waals surface area (Å²) >= 11 is 2.77. The number of amides is 3. The number of carbonyl (C=O) groups is 3. The molecule has 0 bridgehead atoms. The van der Waals surface area contributed by atoms with Crippen molar-refractivity contribution in [1.29, 1.82) is 0 Å². The number of nitrogens with one attached hydrogen (secondary N) is 3. The van der Waals surface area contributed by atoms with Crippen molar-refractivity contribution >= 4 is 45.8 Å². The Kier molecular flexibility index (Phi) is 10.1. The SMILES string of the molecule is CCn1c(CNC(=O)c2ccc(OC)cc2)nnc1SCC(=O)Nc1sc2c(c1C(=O)NCc1ccccc1)CCCC2. The van der Waals surface area contributed by atoms with Crippen molar-refractivity contribution in [1.82, 2.24) is 25.4 Å². The van der Waals surface area contributed by atoms with Crippen molar-refractivity contribution in [2.45, 2.75) is 57.4 Å². The van der Waals surface area contributed by atoms with Gasteiger partial charge in [0.05, 0.1) is 25.0 Å². The molecule has 12 heteroatoms. The van der Waals surface area contributed by atoms with Gasteiger partial charge in [0.25, 0.3) is 11.8 Å². The van der Waals surface area contributed by atoms with E-state index in [2.05, 4.69) is 26.1 Å². The number of benzene rings is 2. The number of carbonyl (C=O) groups excluding carboxylic acids is 3. The molecule has 10 nitrogen and oxygen atoms in total. The lowest BCUT2D eigenvalue weighted by Gasteiger charge is -2.13. The first kappa shape index (κ1) is 30.3. The number of anilines is 1. The smallest absolute Gasteiger partial charge is 0.254 e. The van der Waals surface area contributed by atoms with Crippen LogP contribution in [0.2, 0.25) is 0 Å². The van der Waals surface area contributed by atoms with Gasteiger partial charge in [0.15, 0.2) is 11.0 Å². The molecule has 0 spiro atoms. The Morgan fingerprint density at radius 2 is 1.70 bits per heavy atom. The van der Waals surface area contributed by atoms with Crippen LogP contribution in [-0.2, 0) is 37.3 Å². The van der Waals surface area contributed by atoms with Crippen molar-refractivity contribution in [3.05, 3.63) is 87.6 Å². The van der Waals surface area contributed by atoms with Gasteiger partial charge < -0.3 is 25.3 Å². The Labute approximate surface area is 258 Å². The van der Waals surface area contributed by atoms with Gasteiger partial charge in [0, 0.05) is 23.5 Å². The molecule has 2 aromatic heterocycles. The second-order valence-corrected chi connectivity index (χ2v) is 12.0. The number of hydrogen-bond donors (Lipinski definition) is 3. The van der Waals surface area contributed by atoms with Gasteiger partial charge in [-0.15, -0.1) is 21.5 Å². The summed E-state index contributed by atoms with van der Waals surface area (Å²) in [6.07, 6.45) is 3.86. The molecule has 4 aromatic rings. The summed E-state index contributed by atoms with van der Waals surface area (Å²) in [5.74, 6) is 0.747. The van der Waals surface area contributed by atoms with Gasteiger partial charge in [-0.25, -0.2) is 0 Å². The molecular formula is C31H34N6O4S2. The number of aromatic nitrogens is 3. The fourth-order valence-electron chi connectivity index (χ4n) is 4.93. The van der Waals surface area contributed by atoms with Crippen LogP contribution in [0.1, 0.15) is 62.3 Å². The first-order valence-corrected chi connectivity index (χ1v) is 16.0. The van der Waals surface area contributed by atoms with Gasteiger partial charge in [0.1, 0.15) is 10.8 Å². The minimum absolute atomic E-state index is 0.101. The van der Waals surface area contributed by atoms with E-state index in [9.17, 15) is 14.4 Å². The first-order valence-electron chi connectivity index (χ1n) is 14.2. The minimum atomic E-state index is -0.232. The average molecular weight is 619 g/mol. The number of fused-ring (bicyclic) bond motifs is 1. The third-order valence-corrected chi connectivity index (χ3v) is 9.32. The highest BCUT2D eigenvalue weighted by Crippen LogP contribution is 2.38. The van der Waals surface area contributed by atoms with E-state index in [0.717, 1.165) is 36.8 Å². The minimum Gasteiger partial charge on any atom is -0.497 e. The number of hydrogen-bond acceptors (Lipinski definition) is 8. The summed E-state index contributed by atoms with van der Waals surface area (Å²) in [5.41, 5.74) is 3.16. The second kappa shape index (κ2) is 14.3. The molecular weight excluding hydrogens is 585 g/mol. The first-order chi connectivity index (χ1) is 21.0. The van der Waals surface area contributed by atoms with Gasteiger partial charge >= 0.3 is 0 Å². The van der Waals surface area contributed by atoms with Crippen LogP contribution in [0.3, 0.4) is 0 Å². The largest absolute Gasteiger partial charge is 0.497 e. The molecule has 0 unspecified atom stereocenters. The number of thiophene rings is 1. The summed E-state index contributed by atoms with van der Waals surface area (Å²) in [6.45, 7) is 3.15. The van der Waals surface area contributed by atoms with E-state index < -0.39 is 0 Å². The van der Waals surface area contributed by atoms with Crippen LogP contribution in [0, 0.1) is 0 Å². The number of nitrogens with zero attached hydrogens (tertiary/aromatic N) is 3. The average Bonchev–Trinajstić information content (AvgIpc) is 3.62. The summed E-state index contributed by atoms with van der Waals surface area (Å²) in [5, 5.41) is 18.6. The van der Waals surface area contributed by atoms with Crippen molar-refractivity contribution in [3.8, 4) is 5.75 Å². The lowest BCUT2D eigenvalue weighted by molar-refractivity contribution is -0.113. The predicted molar refractivity (Wildman–Crippen MR) is 168 cm³/mol. The molecule has 1 aliphatic carbocycles. The summed E-state index contributed by atoms with van der Waals surface area (Å²) in [6, 6.07) is 16.6. The van der Waals surface area contributed by atoms with E-state index >= 15 is 0 Å². The molecule has 3 N–H and O–H groups in total. The molecule has 2 heterocycles. The van der Waals surface area contributed by atoms with E-state index in [1.807, 2.05) is 41.8 Å². The van der Waals surface area contributed by atoms with Crippen LogP contribution in [0.5, 0.6) is 5.75 Å². The van der Waals surface area contributed by atoms with Gasteiger partial charge in [-0.1, -0.05) is 42.1 Å². The van der Waals surface area contributed by atoms with Crippen molar-refractivity contribution in [2.75, 3.05) is 18.2 Å². The summed E-state index contributed by atoms with van der Waals surface area (Å²) < 4.78 is 7.02. The van der Waals surface area contributed by atoms with E-state index in [4.69, 9.17) is 4.74 Å². The molecule has 3 amide bonds. The van der Waals surface area contributed by atoms with Crippen molar-refractivity contribution < 1.29 is 19.1 Å². The Morgan fingerprint density at radius 1 is 0.953 bits per heavy atom. The molecule has 224 valence electrons. The molecule has 0 radical (unpaired) electrons. The molecule has 5 rings (SSSR count). The highest BCUT2D eigenvalue weighted by atomic mass is 32.2. The van der Waals surface area contributed by atoms with E-state index in [-0.39, 0.29) is 30.0 Å². The summed E-state index contributed by atoms with van der Waals surface area (Å²) in [4.78, 5) is 40.2. The molecule has 0 fully saturated rings. The van der Waals surface area contributed by atoms with E-state index in [1.54, 1.807) is 31.4 Å². The number of aryl methyl sites for hydroxylation is 1. The standard InChI is InChI=1S/C31H34N6O4S2/c1-3-37-25(18-33-28(39)21-13-15-22(41-2)16-14-21)35-36-31(37)42-19-26(38)34-30-27(23-11-7-8-12-24(23)43-30)29(40)32-17-20-9-5-4-6-10-20/h4-6,9-10,13-16H,3,7-8,11-12,17-19H2,1-2H3,(H,32,40)(H,33,39)(H,34,38). The fourth-order valence-corrected chi connectivity index (χ4v) is 7.06. The Bertz CT molecular complexity index is 1580. The molecule has 1 aliphatic rings. The van der Waals surface area contributed by atoms with Crippen LogP contribution in [-0.4, -0.2) is 45.3 Å². The number of rotatable bonds is 12. The monoisotopic (exact) mass is 618 g/mol. The van der Waals surface area contributed by atoms with E-state index in [1.165, 1.54) is 28.0 Å². The highest BCUT2D eigenvalue weighted by molar-refractivity contribution is 7.99. The fraction of sp³-hybridized carbons (Fsp3) is 0.323. The predicted octanol–water partition coefficient (Wildman–Crippen LogP) is 4.84. The lowest BCUT2D eigenvalue weighted by Crippen LogP contribution is -2.26. The number of thioether (sulfide) groups is 1. The third kappa shape index (κ3) is 7.44. The Morgan fingerprint density at radius 3 is 2.44 bits per heavy atom. The van der Waals surface area contributed by atoms with Crippen LogP contribution in [0.4, 0.5) is 5.00 Å². The van der Waals surface area contributed by atoms with Gasteiger partial charge in [-0.2, -0.15) is 0 Å². The van der Waals surface area contributed by atoms with Crippen molar-refractivity contribution in [3.63, 3.8) is 0 Å². The molecule has 0 saturated carbocycles. The molecule has 0 aliphatic heterocycles. The zero-order valence-electron chi connectivity index (χ0n) is 24.1. The molecule has 43 heavy (non-hydrogen) atoms. The third-order valence-electron chi connectivity index (χ3n) is 7.15. The molecule has 0 saturated heterocycles. The second-order valence-electron chi connectivity index (χ2n) is 9.97. The van der Waals surface area contributed by atoms with E-state index in [0.29, 0.717) is 45.9 Å². The number of methoxy groups -OCH3 is 1. The van der Waals surface area contributed by atoms with Crippen molar-refractivity contribution in [2.24, 2.45) is 0 Å². The van der Waals surface area contributed by atoms with Crippen LogP contribution in [0.25, 0.3) is 0 Å². The van der Waals surface area contributed by atoms with Crippen LogP contribution < -0.4 is 20.7 Å². The molecule has 2 aromatic carbocycles. The van der Waals surface area contributed by atoms with Gasteiger partial charge in [-0.05, 0) is 68.0 Å². The van der Waals surface area contributed by atoms with Crippen LogP contribution in [0.15, 0.2) is 59.8 Å². The van der Waals surface area contributed by atoms with Crippen LogP contribution >= 0.6 is 23.1 Å². The Hall–Kier alpha value is -4.16. The topological polar surface area (TPSA) is 127 Å². The zero-order valence-corrected chi connectivity index (χ0v) is 25.8. The normalized spacial score (nSPS) is 12.3. The highest BCUT2D eigenvalue weighted by Gasteiger charge is 2.26. The maximum absolute atomic E-state index is 13.3. The molecule has 0 atom stereocenters. The quantitative estimate of drug-likeness (QED) is 0.194. The summed E-state index contributed by atoms with van der Waals surface area (Å²) in [7, 11) is 1.57. The Balaban J connectivity index is 1.20. The lowest BCUT2D eigenvalue weighted by atomic mass is 9.95. The maximum Gasteiger partial charge on any atom is 0.254 e. The maximum atomic E-state index is 13.3. The van der Waals surface area contributed by atoms with Gasteiger partial charge in [-0.3, -0.25) is 14.4 Å². The zero-order chi connectivity index (χ0) is 30.2. The van der Waals surface area contributed by atoms with Gasteiger partial charge in [0.2, 0.25) is 5.91 Å².